The van der Waals surface area contributed by atoms with E-state index in [-0.39, 0.29) is 86.7 Å². The highest BCUT2D eigenvalue weighted by molar-refractivity contribution is 6.82. The Morgan fingerprint density at radius 2 is 0.675 bits per heavy atom. The van der Waals surface area contributed by atoms with Crippen LogP contribution in [0.15, 0.2) is 54.1 Å². The third-order valence-electron chi connectivity index (χ3n) is 32.4. The normalized spacial score (nSPS) is 19.1. The van der Waals surface area contributed by atoms with Gasteiger partial charge in [-0.25, -0.2) is 9.59 Å². The quantitative estimate of drug-likeness (QED) is 0.0193. The van der Waals surface area contributed by atoms with Gasteiger partial charge in [-0.05, 0) is 338 Å². The summed E-state index contributed by atoms with van der Waals surface area (Å²) in [6.07, 6.45) is 0. The molecule has 114 heavy (non-hydrogen) atoms. The van der Waals surface area contributed by atoms with Gasteiger partial charge >= 0.3 is 11.9 Å². The van der Waals surface area contributed by atoms with Crippen LogP contribution in [0.1, 0.15) is 65.7 Å². The number of fused-ring (bicyclic) bond motifs is 3. The van der Waals surface area contributed by atoms with Crippen molar-refractivity contribution in [1.82, 2.24) is 4.90 Å². The van der Waals surface area contributed by atoms with Crippen molar-refractivity contribution < 1.29 is 48.0 Å². The lowest BCUT2D eigenvalue weighted by atomic mass is 9.47. The molecular weight excluding hydrogens is 1430 g/mol. The summed E-state index contributed by atoms with van der Waals surface area (Å²) < 4.78 is 28.7. The van der Waals surface area contributed by atoms with E-state index < -0.39 is 65.7 Å². The van der Waals surface area contributed by atoms with E-state index in [1.807, 2.05) is 12.1 Å². The minimum absolute atomic E-state index is 0.0184. The molecule has 31 aromatic carbocycles. The molecule has 2 spiro atoms. The molecule has 1 atom stereocenters. The first kappa shape index (κ1) is 53.6. The summed E-state index contributed by atoms with van der Waals surface area (Å²) >= 11 is 0. The molecule has 37 rings (SSSR count). The smallest absolute Gasteiger partial charge is 0.339 e. The van der Waals surface area contributed by atoms with Crippen molar-refractivity contribution in [2.24, 2.45) is 0 Å². The Morgan fingerprint density at radius 1 is 0.386 bits per heavy atom. The minimum Gasteiger partial charge on any atom is -0.460 e. The van der Waals surface area contributed by atoms with Crippen LogP contribution in [-0.2, 0) is 34.5 Å². The first-order valence-corrected chi connectivity index (χ1v) is 38.9. The van der Waals surface area contributed by atoms with Gasteiger partial charge in [0.25, 0.3) is 17.1 Å². The number of ether oxygens (including phenoxy) is 5. The van der Waals surface area contributed by atoms with Crippen molar-refractivity contribution in [3.8, 4) is 23.3 Å². The second-order valence-corrected chi connectivity index (χ2v) is 35.1. The van der Waals surface area contributed by atoms with Crippen molar-refractivity contribution in [2.45, 2.75) is 16.9 Å². The van der Waals surface area contributed by atoms with Crippen LogP contribution in [0.25, 0.3) is 308 Å². The van der Waals surface area contributed by atoms with E-state index in [1.54, 1.807) is 325 Å². The molecule has 0 saturated carbocycles. The monoisotopic (exact) mass is 1460 g/mol. The maximum absolute atomic E-state index is 14.4. The van der Waals surface area contributed by atoms with Gasteiger partial charge < -0.3 is 23.7 Å². The Morgan fingerprint density at radius 3 is 0.991 bits per heavy atom. The number of carbonyl (C=O) groups is 2. The van der Waals surface area contributed by atoms with Gasteiger partial charge in [0.2, 0.25) is 0 Å². The number of esters is 2. The van der Waals surface area contributed by atoms with E-state index in [1.165, 1.54) is 5.56 Å². The molecule has 6 aliphatic rings. The summed E-state index contributed by atoms with van der Waals surface area (Å²) in [5, 5.41) is 141. The predicted octanol–water partition coefficient (Wildman–Crippen LogP) is 20.6. The van der Waals surface area contributed by atoms with Crippen LogP contribution in [0.4, 0.5) is 17.1 Å². The predicted molar refractivity (Wildman–Crippen MR) is 438 cm³/mol. The van der Waals surface area contributed by atoms with Crippen molar-refractivity contribution in [3.63, 3.8) is 0 Å². The highest BCUT2D eigenvalue weighted by atomic mass is 16.6. The summed E-state index contributed by atoms with van der Waals surface area (Å²) in [7, 11) is 2.45. The van der Waals surface area contributed by atoms with E-state index in [0.29, 0.717) is 11.6 Å². The lowest BCUT2D eigenvalue weighted by Gasteiger charge is -2.52. The molecule has 19 nitrogen and oxygen atoms in total. The lowest BCUT2D eigenvalue weighted by Crippen LogP contribution is -2.51. The maximum Gasteiger partial charge on any atom is 0.339 e. The number of hydrogen-bond acceptors (Lipinski definition) is 16. The van der Waals surface area contributed by atoms with Crippen LogP contribution >= 0.6 is 0 Å². The Kier molecular flexibility index (Phi) is 6.96. The Balaban J connectivity index is 0.450. The molecule has 1 aliphatic heterocycles. The fourth-order valence-electron chi connectivity index (χ4n) is 30.7. The summed E-state index contributed by atoms with van der Waals surface area (Å²) in [6, 6.07) is 15.1. The van der Waals surface area contributed by atoms with E-state index in [9.17, 15) is 50.5 Å². The van der Waals surface area contributed by atoms with Crippen molar-refractivity contribution in [1.29, 1.82) is 10.5 Å². The molecule has 0 amide bonds. The second kappa shape index (κ2) is 14.8. The van der Waals surface area contributed by atoms with Gasteiger partial charge in [-0.15, -0.1) is 0 Å². The molecule has 0 bridgehead atoms. The molecule has 0 radical (unpaired) electrons. The Bertz CT molecular complexity index is 9750. The van der Waals surface area contributed by atoms with E-state index in [0.717, 1.165) is 24.7 Å². The molecule has 19 heteroatoms. The number of nitro benzene ring substituents is 3. The number of nitriles is 2. The number of allylic oxidation sites excluding steroid dienone is 1. The van der Waals surface area contributed by atoms with Gasteiger partial charge in [-0.1, -0.05) is 12.1 Å². The maximum atomic E-state index is 14.4. The molecule has 518 valence electrons. The van der Waals surface area contributed by atoms with Gasteiger partial charge in [-0.3, -0.25) is 35.2 Å². The number of carbonyl (C=O) groups excluding carboxylic acids is 2. The van der Waals surface area contributed by atoms with Gasteiger partial charge in [0, 0.05) is 53.0 Å². The van der Waals surface area contributed by atoms with Gasteiger partial charge in [-0.2, -0.15) is 10.5 Å². The minimum atomic E-state index is -1.14. The third-order valence-corrected chi connectivity index (χ3v) is 32.4. The summed E-state index contributed by atoms with van der Waals surface area (Å²) in [4.78, 5) is 64.7. The van der Waals surface area contributed by atoms with E-state index in [2.05, 4.69) is 24.1 Å². The molecule has 0 N–H and O–H groups in total. The van der Waals surface area contributed by atoms with Crippen molar-refractivity contribution in [3.05, 3.63) is 135 Å². The number of non-ortho nitro benzene ring substituents is 2. The molecule has 1 fully saturated rings. The molecular formula is C95H30N6O13. The number of hydrogen-bond donors (Lipinski definition) is 0. The lowest BCUT2D eigenvalue weighted by molar-refractivity contribution is -0.393. The van der Waals surface area contributed by atoms with Crippen LogP contribution in [0.5, 0.6) is 0 Å². The van der Waals surface area contributed by atoms with Crippen LogP contribution in [0, 0.1) is 53.0 Å². The Hall–Kier alpha value is -14.2. The highest BCUT2D eigenvalue weighted by Gasteiger charge is 2.76. The Labute approximate surface area is 626 Å². The molecule has 31 aromatic rings. The fourth-order valence-corrected chi connectivity index (χ4v) is 30.7. The summed E-state index contributed by atoms with van der Waals surface area (Å²) in [6.45, 7) is 1.08. The van der Waals surface area contributed by atoms with E-state index in [4.69, 9.17) is 23.7 Å². The van der Waals surface area contributed by atoms with Gasteiger partial charge in [0.15, 0.2) is 0 Å². The zero-order valence-electron chi connectivity index (χ0n) is 58.6. The number of rotatable bonds is 18. The van der Waals surface area contributed by atoms with Crippen LogP contribution in [-0.4, -0.2) is 98.1 Å². The SMILES string of the molecule is CN1CC23c4c5c6c7c8c9c(c%10c%11c2c2c4c4c%12c5c5c6c6c8c8c%13c9c9c%10c%10c%11c%11c2c2c4c4c%12c%12c5c5c6c8c6c8c%13c9c9c%10c%10c%11c2c2c4c4c%12c5c6c5c8c9c%10c2c45)C73C1c1ccc(C(=O)OCCOCCOCCOCCOC(=O)c2cc([N+](=O)[O-])cc3c2-c2c(cc([N+](=O)[O-])cc2[N+](=O)[O-])C3=C(C#N)C#N)cc1. The second-order valence-electron chi connectivity index (χ2n) is 35.1. The number of nitro groups is 3. The van der Waals surface area contributed by atoms with Gasteiger partial charge in [0.05, 0.1) is 88.0 Å². The van der Waals surface area contributed by atoms with Crippen LogP contribution in [0.2, 0.25) is 0 Å². The molecule has 0 aromatic heterocycles. The van der Waals surface area contributed by atoms with Gasteiger partial charge in [0.1, 0.15) is 30.9 Å². The first-order valence-electron chi connectivity index (χ1n) is 38.9. The number of benzene rings is 21. The average molecular weight is 1460 g/mol. The topological polar surface area (TPSA) is 261 Å². The zero-order valence-corrected chi connectivity index (χ0v) is 58.6. The number of nitrogens with zero attached hydrogens (tertiary/aromatic N) is 6. The van der Waals surface area contributed by atoms with E-state index >= 15 is 0 Å². The molecule has 1 heterocycles. The summed E-state index contributed by atoms with van der Waals surface area (Å²) in [5.41, 5.74) is 2.28. The average Bonchev–Trinajstić information content (AvgIpc) is 1.38. The largest absolute Gasteiger partial charge is 0.460 e. The molecule has 1 saturated heterocycles. The zero-order chi connectivity index (χ0) is 73.4. The highest BCUT2D eigenvalue weighted by Crippen LogP contribution is 2.87. The number of likely N-dealkylation sites (tertiary alicyclic amines) is 1. The van der Waals surface area contributed by atoms with Crippen LogP contribution in [0.3, 0.4) is 0 Å². The van der Waals surface area contributed by atoms with Crippen molar-refractivity contribution >= 4 is 325 Å². The van der Waals surface area contributed by atoms with Crippen LogP contribution < -0.4 is 0 Å². The fraction of sp³-hybridized carbons (Fsp3) is 0.137. The van der Waals surface area contributed by atoms with Crippen molar-refractivity contribution in [2.75, 3.05) is 66.4 Å². The molecule has 1 unspecified atom stereocenters. The summed E-state index contributed by atoms with van der Waals surface area (Å²) in [5.74, 6) is -1.57. The standard InChI is InChI=1S/C95H30N6O13/c1-98-20-94-87-79-71-61-51-43-35-33-34-37-41-39(35)47-55-49(41)59-53-45(37)46-38(34)42-40-36(33)44(43)52-58-48(40)56-50(42)60-54(46)64-63(53)75-69(59)77-67(55)73(65(71)57(47)51)81(87)83(77)89-85(75)86-76(64)70(60)78-68(56)74-66(58)72(62(52)61)80(79)88(94)82(74)84(78)90(86)95(89,94)91(98)21-2-4-22(5-3-21)92(102)113-12-10-111-8-6-110-7-9-112-11-13-114-93(103)28-16-24(99(104)105)14-26-30(23(18-96)19-97)27-15-25(100(106)107)17-29(101(108)109)32(27)31(26)28/h2-5,14-17,91H,6-13,20H2,1H3. The first-order chi connectivity index (χ1) is 55.9. The molecule has 5 aliphatic carbocycles. The third kappa shape index (κ3) is 4.05. The number of likely N-dealkylation sites (N-methyl/N-ethyl adjacent to an activating group) is 1.